The fraction of sp³-hybridized carbons (Fsp3) is 0.364. The molecule has 0 heterocycles. The van der Waals surface area contributed by atoms with E-state index in [2.05, 4.69) is 5.32 Å². The van der Waals surface area contributed by atoms with Gasteiger partial charge in [-0.2, -0.15) is 0 Å². The molecule has 0 radical (unpaired) electrons. The molecule has 5 heteroatoms. The van der Waals surface area contributed by atoms with Crippen molar-refractivity contribution in [3.05, 3.63) is 33.8 Å². The van der Waals surface area contributed by atoms with Crippen molar-refractivity contribution in [2.45, 2.75) is 19.9 Å². The summed E-state index contributed by atoms with van der Waals surface area (Å²) in [6.07, 6.45) is -1.06. The molecule has 0 aliphatic carbocycles. The van der Waals surface area contributed by atoms with Gasteiger partial charge in [0.2, 0.25) is 0 Å². The maximum atomic E-state index is 10.7. The molecule has 16 heavy (non-hydrogen) atoms. The van der Waals surface area contributed by atoms with Crippen LogP contribution in [0.4, 0.5) is 4.79 Å². The number of hydrogen-bond donors (Lipinski definition) is 2. The average Bonchev–Trinajstić information content (AvgIpc) is 2.11. The van der Waals surface area contributed by atoms with Gasteiger partial charge >= 0.3 is 6.09 Å². The van der Waals surface area contributed by atoms with E-state index in [1.165, 1.54) is 0 Å². The summed E-state index contributed by atoms with van der Waals surface area (Å²) in [6, 6.07) is 4.74. The van der Waals surface area contributed by atoms with E-state index in [0.717, 1.165) is 5.56 Å². The van der Waals surface area contributed by atoms with Crippen LogP contribution in [0.25, 0.3) is 0 Å². The molecule has 2 N–H and O–H groups in total. The molecule has 0 fully saturated rings. The number of amides is 1. The van der Waals surface area contributed by atoms with Crippen LogP contribution < -0.4 is 5.32 Å². The van der Waals surface area contributed by atoms with Crippen LogP contribution in [-0.4, -0.2) is 11.2 Å². The second kappa shape index (κ2) is 5.41. The van der Waals surface area contributed by atoms with Gasteiger partial charge in [0.25, 0.3) is 0 Å². The van der Waals surface area contributed by atoms with Crippen LogP contribution >= 0.6 is 23.2 Å². The second-order valence-corrected chi connectivity index (χ2v) is 4.75. The summed E-state index contributed by atoms with van der Waals surface area (Å²) in [5.41, 5.74) is 0.773. The molecule has 0 saturated heterocycles. The molecule has 1 unspecified atom stereocenters. The predicted molar refractivity (Wildman–Crippen MR) is 65.2 cm³/mol. The molecule has 1 amide bonds. The highest BCUT2D eigenvalue weighted by Crippen LogP contribution is 2.27. The fourth-order valence-corrected chi connectivity index (χ4v) is 2.07. The summed E-state index contributed by atoms with van der Waals surface area (Å²) in [5.74, 6) is 0.116. The van der Waals surface area contributed by atoms with Crippen molar-refractivity contribution in [2.24, 2.45) is 5.92 Å². The minimum Gasteiger partial charge on any atom is -0.465 e. The maximum Gasteiger partial charge on any atom is 0.405 e. The highest BCUT2D eigenvalue weighted by Gasteiger charge is 2.18. The van der Waals surface area contributed by atoms with Crippen LogP contribution in [0.5, 0.6) is 0 Å². The molecule has 0 saturated carbocycles. The molecular weight excluding hydrogens is 249 g/mol. The first kappa shape index (κ1) is 13.1. The van der Waals surface area contributed by atoms with E-state index in [1.807, 2.05) is 13.8 Å². The highest BCUT2D eigenvalue weighted by molar-refractivity contribution is 6.34. The van der Waals surface area contributed by atoms with Crippen LogP contribution in [0.15, 0.2) is 18.2 Å². The smallest absolute Gasteiger partial charge is 0.405 e. The van der Waals surface area contributed by atoms with E-state index >= 15 is 0 Å². The van der Waals surface area contributed by atoms with Crippen LogP contribution in [0, 0.1) is 5.92 Å². The maximum absolute atomic E-state index is 10.7. The van der Waals surface area contributed by atoms with Crippen LogP contribution in [0.1, 0.15) is 25.5 Å². The van der Waals surface area contributed by atoms with Crippen LogP contribution in [0.2, 0.25) is 10.0 Å². The lowest BCUT2D eigenvalue weighted by Gasteiger charge is -2.21. The van der Waals surface area contributed by atoms with Gasteiger partial charge < -0.3 is 10.4 Å². The van der Waals surface area contributed by atoms with E-state index in [4.69, 9.17) is 28.3 Å². The highest BCUT2D eigenvalue weighted by atomic mass is 35.5. The number of rotatable bonds is 3. The average molecular weight is 262 g/mol. The third-order valence-corrected chi connectivity index (χ3v) is 2.63. The topological polar surface area (TPSA) is 49.3 Å². The van der Waals surface area contributed by atoms with Gasteiger partial charge in [-0.25, -0.2) is 4.79 Å². The quantitative estimate of drug-likeness (QED) is 0.866. The Hall–Kier alpha value is -0.930. The number of halogens is 2. The number of benzene rings is 1. The zero-order valence-corrected chi connectivity index (χ0v) is 10.5. The van der Waals surface area contributed by atoms with Crippen molar-refractivity contribution < 1.29 is 9.90 Å². The molecule has 0 aliphatic rings. The van der Waals surface area contributed by atoms with Crippen molar-refractivity contribution in [3.8, 4) is 0 Å². The van der Waals surface area contributed by atoms with Gasteiger partial charge in [-0.1, -0.05) is 37.0 Å². The first-order chi connectivity index (χ1) is 7.40. The van der Waals surface area contributed by atoms with Crippen molar-refractivity contribution >= 4 is 29.3 Å². The Morgan fingerprint density at radius 1 is 1.25 bits per heavy atom. The lowest BCUT2D eigenvalue weighted by molar-refractivity contribution is 0.186. The SMILES string of the molecule is CC(C)C(NC(=O)O)c1cc(Cl)cc(Cl)c1. The van der Waals surface area contributed by atoms with Crippen molar-refractivity contribution in [2.75, 3.05) is 0 Å². The Kier molecular flexibility index (Phi) is 4.44. The lowest BCUT2D eigenvalue weighted by atomic mass is 9.96. The van der Waals surface area contributed by atoms with E-state index in [1.54, 1.807) is 18.2 Å². The number of carbonyl (C=O) groups is 1. The van der Waals surface area contributed by atoms with Gasteiger partial charge in [-0.15, -0.1) is 0 Å². The molecule has 0 aromatic heterocycles. The van der Waals surface area contributed by atoms with E-state index in [9.17, 15) is 4.79 Å². The molecule has 1 aromatic carbocycles. The van der Waals surface area contributed by atoms with E-state index in [-0.39, 0.29) is 12.0 Å². The Bertz CT molecular complexity index is 373. The molecule has 0 spiro atoms. The Morgan fingerprint density at radius 3 is 2.12 bits per heavy atom. The number of hydrogen-bond acceptors (Lipinski definition) is 1. The molecule has 1 aromatic rings. The Morgan fingerprint density at radius 2 is 1.75 bits per heavy atom. The molecule has 0 aliphatic heterocycles. The molecular formula is C11H13Cl2NO2. The van der Waals surface area contributed by atoms with Crippen molar-refractivity contribution in [1.29, 1.82) is 0 Å². The monoisotopic (exact) mass is 261 g/mol. The van der Waals surface area contributed by atoms with Crippen molar-refractivity contribution in [1.82, 2.24) is 5.32 Å². The zero-order chi connectivity index (χ0) is 12.3. The minimum atomic E-state index is -1.06. The fourth-order valence-electron chi connectivity index (χ4n) is 1.52. The standard InChI is InChI=1S/C11H13Cl2NO2/c1-6(2)10(14-11(15)16)7-3-8(12)5-9(13)4-7/h3-6,10,14H,1-2H3,(H,15,16). The Labute approximate surface area is 104 Å². The Balaban J connectivity index is 3.05. The third-order valence-electron chi connectivity index (χ3n) is 2.19. The molecule has 1 atom stereocenters. The first-order valence-corrected chi connectivity index (χ1v) is 5.61. The summed E-state index contributed by atoms with van der Waals surface area (Å²) in [7, 11) is 0. The van der Waals surface area contributed by atoms with Gasteiger partial charge in [-0.3, -0.25) is 0 Å². The molecule has 3 nitrogen and oxygen atoms in total. The van der Waals surface area contributed by atoms with Crippen LogP contribution in [-0.2, 0) is 0 Å². The second-order valence-electron chi connectivity index (χ2n) is 3.87. The van der Waals surface area contributed by atoms with Gasteiger partial charge in [0.15, 0.2) is 0 Å². The van der Waals surface area contributed by atoms with Gasteiger partial charge in [-0.05, 0) is 29.7 Å². The summed E-state index contributed by atoms with van der Waals surface area (Å²) in [4.78, 5) is 10.7. The molecule has 0 bridgehead atoms. The van der Waals surface area contributed by atoms with Crippen LogP contribution in [0.3, 0.4) is 0 Å². The predicted octanol–water partition coefficient (Wildman–Crippen LogP) is 3.96. The largest absolute Gasteiger partial charge is 0.465 e. The summed E-state index contributed by atoms with van der Waals surface area (Å²) in [6.45, 7) is 3.85. The third kappa shape index (κ3) is 3.58. The summed E-state index contributed by atoms with van der Waals surface area (Å²) < 4.78 is 0. The lowest BCUT2D eigenvalue weighted by Crippen LogP contribution is -2.30. The molecule has 1 rings (SSSR count). The van der Waals surface area contributed by atoms with Gasteiger partial charge in [0.05, 0.1) is 6.04 Å². The normalized spacial score (nSPS) is 12.6. The minimum absolute atomic E-state index is 0.116. The molecule has 88 valence electrons. The zero-order valence-electron chi connectivity index (χ0n) is 9.00. The number of nitrogens with one attached hydrogen (secondary N) is 1. The number of carboxylic acid groups (broad SMARTS) is 1. The van der Waals surface area contributed by atoms with Crippen molar-refractivity contribution in [3.63, 3.8) is 0 Å². The summed E-state index contributed by atoms with van der Waals surface area (Å²) in [5, 5.41) is 12.2. The van der Waals surface area contributed by atoms with E-state index in [0.29, 0.717) is 10.0 Å². The van der Waals surface area contributed by atoms with Gasteiger partial charge in [0, 0.05) is 10.0 Å². The summed E-state index contributed by atoms with van der Waals surface area (Å²) >= 11 is 11.8. The van der Waals surface area contributed by atoms with Gasteiger partial charge in [0.1, 0.15) is 0 Å². The van der Waals surface area contributed by atoms with E-state index < -0.39 is 6.09 Å². The first-order valence-electron chi connectivity index (χ1n) is 4.85.